The Morgan fingerprint density at radius 2 is 2.17 bits per heavy atom. The molecule has 1 N–H and O–H groups in total. The minimum absolute atomic E-state index is 0.112. The summed E-state index contributed by atoms with van der Waals surface area (Å²) in [5.41, 5.74) is 0.961. The number of nitrogens with zero attached hydrogens (tertiary/aromatic N) is 3. The number of carbonyl (C=O) groups is 1. The van der Waals surface area contributed by atoms with E-state index in [-0.39, 0.29) is 11.9 Å². The maximum absolute atomic E-state index is 11.8. The first-order valence-corrected chi connectivity index (χ1v) is 6.48. The summed E-state index contributed by atoms with van der Waals surface area (Å²) in [4.78, 5) is 13.6. The van der Waals surface area contributed by atoms with Gasteiger partial charge in [-0.15, -0.1) is 0 Å². The Morgan fingerprint density at radius 1 is 1.50 bits per heavy atom. The molecule has 0 aliphatic rings. The number of rotatable bonds is 6. The number of nitrogens with one attached hydrogen (secondary N) is 1. The van der Waals surface area contributed by atoms with Crippen LogP contribution in [0.1, 0.15) is 39.4 Å². The van der Waals surface area contributed by atoms with Crippen LogP contribution in [0.5, 0.6) is 0 Å². The molecule has 0 saturated carbocycles. The molecule has 0 aromatic carbocycles. The number of hydrogen-bond donors (Lipinski definition) is 1. The van der Waals surface area contributed by atoms with Gasteiger partial charge in [-0.05, 0) is 33.8 Å². The molecule has 102 valence electrons. The van der Waals surface area contributed by atoms with Gasteiger partial charge in [-0.2, -0.15) is 5.10 Å². The summed E-state index contributed by atoms with van der Waals surface area (Å²) in [6.07, 6.45) is 1.96. The van der Waals surface area contributed by atoms with Crippen molar-refractivity contribution in [2.75, 3.05) is 13.6 Å². The summed E-state index contributed by atoms with van der Waals surface area (Å²) < 4.78 is 1.92. The van der Waals surface area contributed by atoms with Crippen molar-refractivity contribution in [3.8, 4) is 0 Å². The van der Waals surface area contributed by atoms with Gasteiger partial charge in [0.25, 0.3) is 0 Å². The molecular formula is C13H24N4O. The summed E-state index contributed by atoms with van der Waals surface area (Å²) >= 11 is 0. The van der Waals surface area contributed by atoms with E-state index < -0.39 is 0 Å². The largest absolute Gasteiger partial charge is 0.345 e. The van der Waals surface area contributed by atoms with E-state index in [2.05, 4.69) is 24.3 Å². The van der Waals surface area contributed by atoms with Gasteiger partial charge in [0.05, 0.1) is 11.7 Å². The standard InChI is InChI=1S/C13H24N4O/c1-6-16(5)13(18)11(4)14-9-12-7-8-17(15-12)10(2)3/h7-8,10-11,14H,6,9H2,1-5H3. The van der Waals surface area contributed by atoms with Crippen LogP contribution in [-0.4, -0.2) is 40.2 Å². The van der Waals surface area contributed by atoms with Crippen molar-refractivity contribution in [2.45, 2.75) is 46.3 Å². The Hall–Kier alpha value is -1.36. The van der Waals surface area contributed by atoms with Crippen molar-refractivity contribution in [3.63, 3.8) is 0 Å². The average Bonchev–Trinajstić information content (AvgIpc) is 2.82. The van der Waals surface area contributed by atoms with E-state index in [1.165, 1.54) is 0 Å². The van der Waals surface area contributed by atoms with Crippen LogP contribution in [0.3, 0.4) is 0 Å². The molecule has 1 amide bonds. The summed E-state index contributed by atoms with van der Waals surface area (Å²) in [5, 5.41) is 7.63. The van der Waals surface area contributed by atoms with Gasteiger partial charge in [0, 0.05) is 32.4 Å². The predicted molar refractivity (Wildman–Crippen MR) is 72.2 cm³/mol. The lowest BCUT2D eigenvalue weighted by molar-refractivity contribution is -0.131. The fourth-order valence-corrected chi connectivity index (χ4v) is 1.59. The third kappa shape index (κ3) is 3.84. The lowest BCUT2D eigenvalue weighted by Crippen LogP contribution is -2.42. The van der Waals surface area contributed by atoms with Gasteiger partial charge in [-0.3, -0.25) is 9.48 Å². The first kappa shape index (κ1) is 14.7. The first-order chi connectivity index (χ1) is 8.45. The molecule has 0 aliphatic carbocycles. The molecule has 1 heterocycles. The van der Waals surface area contributed by atoms with E-state index in [0.717, 1.165) is 12.2 Å². The van der Waals surface area contributed by atoms with Gasteiger partial charge in [0.1, 0.15) is 0 Å². The number of likely N-dealkylation sites (N-methyl/N-ethyl adjacent to an activating group) is 1. The van der Waals surface area contributed by atoms with Gasteiger partial charge < -0.3 is 10.2 Å². The molecule has 18 heavy (non-hydrogen) atoms. The summed E-state index contributed by atoms with van der Waals surface area (Å²) in [6.45, 7) is 9.37. The highest BCUT2D eigenvalue weighted by Gasteiger charge is 2.15. The fourth-order valence-electron chi connectivity index (χ4n) is 1.59. The van der Waals surface area contributed by atoms with Gasteiger partial charge >= 0.3 is 0 Å². The maximum Gasteiger partial charge on any atom is 0.239 e. The van der Waals surface area contributed by atoms with Crippen molar-refractivity contribution in [3.05, 3.63) is 18.0 Å². The molecule has 0 aliphatic heterocycles. The lowest BCUT2D eigenvalue weighted by atomic mass is 10.3. The maximum atomic E-state index is 11.8. The molecule has 1 unspecified atom stereocenters. The number of hydrogen-bond acceptors (Lipinski definition) is 3. The number of carbonyl (C=O) groups excluding carboxylic acids is 1. The SMILES string of the molecule is CCN(C)C(=O)C(C)NCc1ccn(C(C)C)n1. The quantitative estimate of drug-likeness (QED) is 0.833. The monoisotopic (exact) mass is 252 g/mol. The first-order valence-electron chi connectivity index (χ1n) is 6.48. The fraction of sp³-hybridized carbons (Fsp3) is 0.692. The summed E-state index contributed by atoms with van der Waals surface area (Å²) in [5.74, 6) is 0.112. The average molecular weight is 252 g/mol. The lowest BCUT2D eigenvalue weighted by Gasteiger charge is -2.20. The van der Waals surface area contributed by atoms with Crippen molar-refractivity contribution in [1.29, 1.82) is 0 Å². The second kappa shape index (κ2) is 6.54. The molecule has 1 rings (SSSR count). The van der Waals surface area contributed by atoms with Gasteiger partial charge in [-0.25, -0.2) is 0 Å². The van der Waals surface area contributed by atoms with E-state index in [0.29, 0.717) is 12.6 Å². The molecule has 5 heteroatoms. The highest BCUT2D eigenvalue weighted by Crippen LogP contribution is 2.04. The van der Waals surface area contributed by atoms with E-state index >= 15 is 0 Å². The van der Waals surface area contributed by atoms with Crippen LogP contribution < -0.4 is 5.32 Å². The second-order valence-electron chi connectivity index (χ2n) is 4.84. The minimum atomic E-state index is -0.181. The Morgan fingerprint density at radius 3 is 2.67 bits per heavy atom. The number of aromatic nitrogens is 2. The van der Waals surface area contributed by atoms with Crippen molar-refractivity contribution in [1.82, 2.24) is 20.0 Å². The predicted octanol–water partition coefficient (Wildman–Crippen LogP) is 1.42. The van der Waals surface area contributed by atoms with Crippen molar-refractivity contribution < 1.29 is 4.79 Å². The molecule has 1 atom stereocenters. The topological polar surface area (TPSA) is 50.2 Å². The van der Waals surface area contributed by atoms with Crippen LogP contribution >= 0.6 is 0 Å². The second-order valence-corrected chi connectivity index (χ2v) is 4.84. The Bertz CT molecular complexity index is 386. The van der Waals surface area contributed by atoms with Gasteiger partial charge in [0.15, 0.2) is 0 Å². The third-order valence-corrected chi connectivity index (χ3v) is 3.00. The molecule has 0 radical (unpaired) electrons. The highest BCUT2D eigenvalue weighted by molar-refractivity contribution is 5.81. The Kier molecular flexibility index (Phi) is 5.34. The third-order valence-electron chi connectivity index (χ3n) is 3.00. The molecule has 0 spiro atoms. The molecule has 0 fully saturated rings. The molecule has 1 aromatic heterocycles. The zero-order valence-electron chi connectivity index (χ0n) is 12.0. The minimum Gasteiger partial charge on any atom is -0.345 e. The van der Waals surface area contributed by atoms with E-state index in [9.17, 15) is 4.79 Å². The molecule has 1 aromatic rings. The molecule has 5 nitrogen and oxygen atoms in total. The highest BCUT2D eigenvalue weighted by atomic mass is 16.2. The summed E-state index contributed by atoms with van der Waals surface area (Å²) in [6, 6.07) is 2.16. The number of amides is 1. The van der Waals surface area contributed by atoms with Crippen molar-refractivity contribution in [2.24, 2.45) is 0 Å². The van der Waals surface area contributed by atoms with E-state index in [4.69, 9.17) is 0 Å². The zero-order chi connectivity index (χ0) is 13.7. The normalized spacial score (nSPS) is 12.8. The van der Waals surface area contributed by atoms with Crippen LogP contribution in [-0.2, 0) is 11.3 Å². The molecule has 0 saturated heterocycles. The smallest absolute Gasteiger partial charge is 0.239 e. The van der Waals surface area contributed by atoms with Gasteiger partial charge in [0.2, 0.25) is 5.91 Å². The van der Waals surface area contributed by atoms with Gasteiger partial charge in [-0.1, -0.05) is 0 Å². The Balaban J connectivity index is 2.46. The molecular weight excluding hydrogens is 228 g/mol. The van der Waals surface area contributed by atoms with Crippen LogP contribution in [0.15, 0.2) is 12.3 Å². The van der Waals surface area contributed by atoms with Crippen LogP contribution in [0.4, 0.5) is 0 Å². The Labute approximate surface area is 109 Å². The summed E-state index contributed by atoms with van der Waals surface area (Å²) in [7, 11) is 1.81. The van der Waals surface area contributed by atoms with E-state index in [1.54, 1.807) is 4.90 Å². The van der Waals surface area contributed by atoms with Crippen LogP contribution in [0, 0.1) is 0 Å². The van der Waals surface area contributed by atoms with Crippen LogP contribution in [0.25, 0.3) is 0 Å². The van der Waals surface area contributed by atoms with E-state index in [1.807, 2.05) is 37.8 Å². The molecule has 0 bridgehead atoms. The van der Waals surface area contributed by atoms with Crippen LogP contribution in [0.2, 0.25) is 0 Å². The zero-order valence-corrected chi connectivity index (χ0v) is 12.0. The van der Waals surface area contributed by atoms with Crippen molar-refractivity contribution >= 4 is 5.91 Å².